The maximum Gasteiger partial charge on any atom is 0.407 e. The number of benzene rings is 2. The second-order valence-corrected chi connectivity index (χ2v) is 14.2. The van der Waals surface area contributed by atoms with Crippen LogP contribution in [0.4, 0.5) is 9.59 Å². The number of H-pyrrole nitrogens is 2. The lowest BCUT2D eigenvalue weighted by Gasteiger charge is -2.29. The number of rotatable bonds is 10. The third kappa shape index (κ3) is 7.86. The van der Waals surface area contributed by atoms with E-state index in [0.29, 0.717) is 24.7 Å². The standard InChI is InChI=1S/C40H45N9O6/c1-23(2)35(55-39(52)41-3)38(51)49-16-6-8-33(49)37-43-20-30(46-37)25-11-9-24(10-12-25)28-17-26-13-14-27(18-29(26)42-19-28)31-21-44-36(47-31)32-7-5-15-48(32)34(50)22-45-40(53)54-4/h9-14,17-21,23,32-33,35H,5-8,15-16,22H2,1-4H3,(H,41,52)(H,43,46)(H,44,47)(H,45,53)/t32-,33-,35-/m0/s1. The fraction of sp³-hybridized carbons (Fsp3) is 0.375. The van der Waals surface area contributed by atoms with Gasteiger partial charge < -0.3 is 39.9 Å². The molecule has 2 fully saturated rings. The van der Waals surface area contributed by atoms with E-state index in [1.807, 2.05) is 50.4 Å². The number of nitrogens with zero attached hydrogens (tertiary/aromatic N) is 5. The van der Waals surface area contributed by atoms with Crippen molar-refractivity contribution < 1.29 is 28.7 Å². The minimum Gasteiger partial charge on any atom is -0.453 e. The molecule has 2 aliphatic heterocycles. The summed E-state index contributed by atoms with van der Waals surface area (Å²) in [6, 6.07) is 15.9. The summed E-state index contributed by atoms with van der Waals surface area (Å²) in [6.45, 7) is 4.76. The molecule has 0 aliphatic carbocycles. The first-order chi connectivity index (χ1) is 26.6. The van der Waals surface area contributed by atoms with Crippen molar-refractivity contribution in [1.82, 2.24) is 45.4 Å². The zero-order valence-electron chi connectivity index (χ0n) is 31.3. The van der Waals surface area contributed by atoms with E-state index < -0.39 is 18.3 Å². The second kappa shape index (κ2) is 16.0. The number of ether oxygens (including phenoxy) is 2. The molecular formula is C40H45N9O6. The quantitative estimate of drug-likeness (QED) is 0.138. The van der Waals surface area contributed by atoms with Crippen LogP contribution in [0.1, 0.15) is 63.3 Å². The fourth-order valence-corrected chi connectivity index (χ4v) is 7.39. The first-order valence-corrected chi connectivity index (χ1v) is 18.5. The Morgan fingerprint density at radius 2 is 1.40 bits per heavy atom. The van der Waals surface area contributed by atoms with Gasteiger partial charge in [-0.05, 0) is 54.9 Å². The van der Waals surface area contributed by atoms with Gasteiger partial charge >= 0.3 is 12.2 Å². The van der Waals surface area contributed by atoms with E-state index in [1.165, 1.54) is 14.2 Å². The Morgan fingerprint density at radius 3 is 2.05 bits per heavy atom. The number of hydrogen-bond donors (Lipinski definition) is 4. The highest BCUT2D eigenvalue weighted by atomic mass is 16.6. The number of nitrogens with one attached hydrogen (secondary N) is 4. The van der Waals surface area contributed by atoms with Crippen LogP contribution in [0.2, 0.25) is 0 Å². The van der Waals surface area contributed by atoms with Gasteiger partial charge in [0.2, 0.25) is 5.91 Å². The molecule has 5 aromatic rings. The molecule has 2 saturated heterocycles. The highest BCUT2D eigenvalue weighted by Gasteiger charge is 2.38. The molecule has 286 valence electrons. The minimum atomic E-state index is -0.878. The van der Waals surface area contributed by atoms with Crippen LogP contribution in [0, 0.1) is 5.92 Å². The van der Waals surface area contributed by atoms with Crippen molar-refractivity contribution in [1.29, 1.82) is 0 Å². The summed E-state index contributed by atoms with van der Waals surface area (Å²) in [5, 5.41) is 5.88. The average Bonchev–Trinajstić information content (AvgIpc) is 4.05. The van der Waals surface area contributed by atoms with Crippen LogP contribution in [0.5, 0.6) is 0 Å². The van der Waals surface area contributed by atoms with Crippen LogP contribution >= 0.6 is 0 Å². The van der Waals surface area contributed by atoms with E-state index in [9.17, 15) is 19.2 Å². The number of hydrogen-bond acceptors (Lipinski definition) is 9. The van der Waals surface area contributed by atoms with Crippen molar-refractivity contribution in [3.8, 4) is 33.6 Å². The predicted octanol–water partition coefficient (Wildman–Crippen LogP) is 5.75. The summed E-state index contributed by atoms with van der Waals surface area (Å²) in [4.78, 5) is 74.1. The van der Waals surface area contributed by atoms with Crippen LogP contribution in [0.25, 0.3) is 44.5 Å². The lowest BCUT2D eigenvalue weighted by molar-refractivity contribution is -0.143. The summed E-state index contributed by atoms with van der Waals surface area (Å²) >= 11 is 0. The Labute approximate surface area is 318 Å². The van der Waals surface area contributed by atoms with E-state index in [1.54, 1.807) is 22.2 Å². The molecule has 0 radical (unpaired) electrons. The lowest BCUT2D eigenvalue weighted by atomic mass is 10.0. The van der Waals surface area contributed by atoms with Crippen LogP contribution < -0.4 is 10.6 Å². The molecule has 3 aromatic heterocycles. The van der Waals surface area contributed by atoms with Crippen molar-refractivity contribution >= 4 is 34.9 Å². The van der Waals surface area contributed by atoms with Gasteiger partial charge in [0.1, 0.15) is 18.2 Å². The van der Waals surface area contributed by atoms with Gasteiger partial charge in [-0.1, -0.05) is 50.2 Å². The number of imidazole rings is 2. The molecule has 0 spiro atoms. The maximum atomic E-state index is 13.5. The van der Waals surface area contributed by atoms with Gasteiger partial charge in [-0.15, -0.1) is 0 Å². The maximum absolute atomic E-state index is 13.5. The van der Waals surface area contributed by atoms with E-state index in [4.69, 9.17) is 9.72 Å². The average molecular weight is 748 g/mol. The molecule has 0 saturated carbocycles. The Balaban J connectivity index is 1.02. The molecule has 2 aliphatic rings. The molecule has 4 N–H and O–H groups in total. The van der Waals surface area contributed by atoms with Crippen molar-refractivity contribution in [3.63, 3.8) is 0 Å². The smallest absolute Gasteiger partial charge is 0.407 e. The summed E-state index contributed by atoms with van der Waals surface area (Å²) in [6.07, 6.45) is 6.51. The lowest BCUT2D eigenvalue weighted by Crippen LogP contribution is -2.45. The largest absolute Gasteiger partial charge is 0.453 e. The minimum absolute atomic E-state index is 0.131. The molecule has 3 atom stereocenters. The molecule has 15 heteroatoms. The SMILES string of the molecule is CNC(=O)O[C@H](C(=O)N1CCC[C@H]1c1ncc(-c2ccc(-c3cnc4cc(-c5cnc([C@@H]6CCCN6C(=O)CNC(=O)OC)[nH]5)ccc4c3)cc2)[nH]1)C(C)C. The highest BCUT2D eigenvalue weighted by molar-refractivity contribution is 5.88. The summed E-state index contributed by atoms with van der Waals surface area (Å²) in [5.74, 6) is 0.834. The molecule has 15 nitrogen and oxygen atoms in total. The summed E-state index contributed by atoms with van der Waals surface area (Å²) in [7, 11) is 2.74. The molecule has 2 aromatic carbocycles. The van der Waals surface area contributed by atoms with E-state index in [0.717, 1.165) is 70.2 Å². The summed E-state index contributed by atoms with van der Waals surface area (Å²) in [5.41, 5.74) is 6.39. The molecule has 0 unspecified atom stereocenters. The number of alkyl carbamates (subject to hydrolysis) is 2. The van der Waals surface area contributed by atoms with Crippen molar-refractivity contribution in [2.45, 2.75) is 57.7 Å². The molecule has 55 heavy (non-hydrogen) atoms. The number of aromatic amines is 2. The molecule has 0 bridgehead atoms. The summed E-state index contributed by atoms with van der Waals surface area (Å²) < 4.78 is 10.0. The third-order valence-electron chi connectivity index (χ3n) is 10.3. The number of carbonyl (C=O) groups is 4. The Hall–Kier alpha value is -6.25. The van der Waals surface area contributed by atoms with Crippen LogP contribution in [0.3, 0.4) is 0 Å². The van der Waals surface area contributed by atoms with Gasteiger partial charge in [0.15, 0.2) is 6.10 Å². The molecule has 5 heterocycles. The van der Waals surface area contributed by atoms with Crippen molar-refractivity contribution in [2.24, 2.45) is 5.92 Å². The predicted molar refractivity (Wildman–Crippen MR) is 204 cm³/mol. The van der Waals surface area contributed by atoms with Gasteiger partial charge in [-0.25, -0.2) is 19.6 Å². The Bertz CT molecular complexity index is 2200. The van der Waals surface area contributed by atoms with E-state index in [-0.39, 0.29) is 36.4 Å². The molecular weight excluding hydrogens is 702 g/mol. The number of fused-ring (bicyclic) bond motifs is 1. The fourth-order valence-electron chi connectivity index (χ4n) is 7.39. The number of methoxy groups -OCH3 is 1. The number of aromatic nitrogens is 5. The van der Waals surface area contributed by atoms with E-state index in [2.05, 4.69) is 53.5 Å². The Morgan fingerprint density at radius 1 is 0.782 bits per heavy atom. The zero-order valence-corrected chi connectivity index (χ0v) is 31.3. The van der Waals surface area contributed by atoms with Gasteiger partial charge in [0.05, 0.1) is 48.5 Å². The van der Waals surface area contributed by atoms with Crippen LogP contribution in [-0.2, 0) is 19.1 Å². The number of amides is 4. The first kappa shape index (κ1) is 37.1. The van der Waals surface area contributed by atoms with Crippen LogP contribution in [0.15, 0.2) is 67.1 Å². The van der Waals surface area contributed by atoms with Gasteiger partial charge in [-0.3, -0.25) is 14.6 Å². The molecule has 7 rings (SSSR count). The number of carbonyl (C=O) groups excluding carboxylic acids is 4. The first-order valence-electron chi connectivity index (χ1n) is 18.5. The topological polar surface area (TPSA) is 188 Å². The number of pyridine rings is 1. The van der Waals surface area contributed by atoms with Crippen molar-refractivity contribution in [3.05, 3.63) is 78.8 Å². The highest BCUT2D eigenvalue weighted by Crippen LogP contribution is 2.35. The monoisotopic (exact) mass is 747 g/mol. The van der Waals surface area contributed by atoms with Gasteiger partial charge in [0.25, 0.3) is 5.91 Å². The molecule has 4 amide bonds. The third-order valence-corrected chi connectivity index (χ3v) is 10.3. The van der Waals surface area contributed by atoms with Gasteiger partial charge in [-0.2, -0.15) is 0 Å². The van der Waals surface area contributed by atoms with E-state index >= 15 is 0 Å². The Kier molecular flexibility index (Phi) is 10.8. The van der Waals surface area contributed by atoms with Crippen molar-refractivity contribution in [2.75, 3.05) is 33.8 Å². The number of likely N-dealkylation sites (tertiary alicyclic amines) is 2. The normalized spacial score (nSPS) is 17.4. The second-order valence-electron chi connectivity index (χ2n) is 14.2. The van der Waals surface area contributed by atoms with Crippen LogP contribution in [-0.4, -0.2) is 98.6 Å². The van der Waals surface area contributed by atoms with Gasteiger partial charge in [0, 0.05) is 42.8 Å². The zero-order chi connectivity index (χ0) is 38.6.